The van der Waals surface area contributed by atoms with Gasteiger partial charge in [-0.2, -0.15) is 11.3 Å². The number of thiocarbonyl (C=S) groups is 1. The molecular weight excluding hydrogens is 288 g/mol. The minimum atomic E-state index is -0.673. The minimum absolute atomic E-state index is 0.0103. The van der Waals surface area contributed by atoms with Crippen LogP contribution in [-0.4, -0.2) is 17.4 Å². The summed E-state index contributed by atoms with van der Waals surface area (Å²) < 4.78 is 0. The van der Waals surface area contributed by atoms with Gasteiger partial charge in [0.1, 0.15) is 0 Å². The molecule has 0 aliphatic heterocycles. The van der Waals surface area contributed by atoms with Gasteiger partial charge in [-0.25, -0.2) is 0 Å². The third-order valence-corrected chi connectivity index (χ3v) is 4.66. The Morgan fingerprint density at radius 2 is 2.05 bits per heavy atom. The molecule has 1 rings (SSSR count). The normalized spacial score (nSPS) is 11.3. The maximum Gasteiger partial charge on any atom is 0.233 e. The molecule has 1 amide bonds. The van der Waals surface area contributed by atoms with E-state index in [4.69, 9.17) is 18.0 Å². The Morgan fingerprint density at radius 3 is 2.50 bits per heavy atom. The lowest BCUT2D eigenvalue weighted by Crippen LogP contribution is -2.49. The van der Waals surface area contributed by atoms with E-state index in [1.165, 1.54) is 5.56 Å². The van der Waals surface area contributed by atoms with Gasteiger partial charge in [0, 0.05) is 6.54 Å². The lowest BCUT2D eigenvalue weighted by atomic mass is 9.78. The number of nitrogens with one attached hydrogen (secondary N) is 1. The topological polar surface area (TPSA) is 55.1 Å². The van der Waals surface area contributed by atoms with Crippen LogP contribution in [0.1, 0.15) is 45.1 Å². The van der Waals surface area contributed by atoms with Crippen LogP contribution in [0.3, 0.4) is 0 Å². The fourth-order valence-corrected chi connectivity index (χ4v) is 3.49. The van der Waals surface area contributed by atoms with E-state index in [1.807, 2.05) is 5.38 Å². The van der Waals surface area contributed by atoms with Crippen LogP contribution >= 0.6 is 23.6 Å². The molecule has 0 aliphatic carbocycles. The zero-order valence-corrected chi connectivity index (χ0v) is 13.9. The van der Waals surface area contributed by atoms with Crippen LogP contribution in [0.5, 0.6) is 0 Å². The van der Waals surface area contributed by atoms with Crippen molar-refractivity contribution in [1.29, 1.82) is 0 Å². The summed E-state index contributed by atoms with van der Waals surface area (Å²) in [4.78, 5) is 12.9. The molecule has 1 aromatic rings. The van der Waals surface area contributed by atoms with Crippen LogP contribution in [0.15, 0.2) is 16.8 Å². The molecule has 1 heterocycles. The van der Waals surface area contributed by atoms with E-state index in [2.05, 4.69) is 30.6 Å². The minimum Gasteiger partial charge on any atom is -0.392 e. The zero-order valence-electron chi connectivity index (χ0n) is 12.3. The summed E-state index contributed by atoms with van der Waals surface area (Å²) in [5.74, 6) is -0.0103. The summed E-state index contributed by atoms with van der Waals surface area (Å²) in [5, 5.41) is 7.16. The Bertz CT molecular complexity index is 423. The molecule has 3 nitrogen and oxygen atoms in total. The third-order valence-electron chi connectivity index (χ3n) is 3.54. The van der Waals surface area contributed by atoms with Gasteiger partial charge in [0.05, 0.1) is 10.4 Å². The van der Waals surface area contributed by atoms with E-state index >= 15 is 0 Å². The first-order chi connectivity index (χ1) is 9.56. The zero-order chi connectivity index (χ0) is 15.0. The van der Waals surface area contributed by atoms with Crippen molar-refractivity contribution in [2.45, 2.75) is 46.0 Å². The van der Waals surface area contributed by atoms with Crippen molar-refractivity contribution < 1.29 is 4.79 Å². The number of carbonyl (C=O) groups is 1. The Morgan fingerprint density at radius 1 is 1.40 bits per heavy atom. The average molecular weight is 313 g/mol. The Kier molecular flexibility index (Phi) is 7.16. The van der Waals surface area contributed by atoms with Crippen LogP contribution in [0.25, 0.3) is 0 Å². The van der Waals surface area contributed by atoms with E-state index in [0.29, 0.717) is 11.5 Å². The van der Waals surface area contributed by atoms with E-state index in [-0.39, 0.29) is 5.91 Å². The number of nitrogens with two attached hydrogens (primary N) is 1. The summed E-state index contributed by atoms with van der Waals surface area (Å²) in [6, 6.07) is 2.08. The molecule has 0 bridgehead atoms. The van der Waals surface area contributed by atoms with E-state index in [9.17, 15) is 4.79 Å². The molecule has 3 N–H and O–H groups in total. The molecule has 5 heteroatoms. The first-order valence-corrected chi connectivity index (χ1v) is 8.51. The van der Waals surface area contributed by atoms with Crippen molar-refractivity contribution in [3.63, 3.8) is 0 Å². The van der Waals surface area contributed by atoms with Crippen LogP contribution in [0.4, 0.5) is 0 Å². The second-order valence-electron chi connectivity index (χ2n) is 5.08. The van der Waals surface area contributed by atoms with E-state index in [1.54, 1.807) is 11.3 Å². The number of rotatable bonds is 9. The van der Waals surface area contributed by atoms with Crippen molar-refractivity contribution in [2.75, 3.05) is 6.54 Å². The average Bonchev–Trinajstić information content (AvgIpc) is 2.91. The Labute approximate surface area is 130 Å². The lowest BCUT2D eigenvalue weighted by molar-refractivity contribution is -0.128. The van der Waals surface area contributed by atoms with Crippen LogP contribution < -0.4 is 11.1 Å². The molecule has 0 fully saturated rings. The van der Waals surface area contributed by atoms with E-state index < -0.39 is 5.41 Å². The summed E-state index contributed by atoms with van der Waals surface area (Å²) in [5.41, 5.74) is 6.46. The van der Waals surface area contributed by atoms with Gasteiger partial charge in [0.25, 0.3) is 0 Å². The first-order valence-electron chi connectivity index (χ1n) is 7.16. The summed E-state index contributed by atoms with van der Waals surface area (Å²) in [7, 11) is 0. The monoisotopic (exact) mass is 312 g/mol. The quantitative estimate of drug-likeness (QED) is 0.688. The summed E-state index contributed by atoms with van der Waals surface area (Å²) in [6.07, 6.45) is 4.09. The Hall–Kier alpha value is -0.940. The van der Waals surface area contributed by atoms with Crippen LogP contribution in [0.2, 0.25) is 0 Å². The fourth-order valence-electron chi connectivity index (χ4n) is 2.49. The largest absolute Gasteiger partial charge is 0.392 e. The standard InChI is InChI=1S/C15H24N2OS2/c1-3-7-15(8-4-2,13(16)19)14(18)17-9-5-12-6-10-20-11-12/h6,10-11H,3-5,7-9H2,1-2H3,(H2,16,19)(H,17,18). The molecule has 0 radical (unpaired) electrons. The second kappa shape index (κ2) is 8.37. The molecule has 0 unspecified atom stereocenters. The molecular formula is C15H24N2OS2. The highest BCUT2D eigenvalue weighted by Gasteiger charge is 2.39. The smallest absolute Gasteiger partial charge is 0.233 e. The highest BCUT2D eigenvalue weighted by Crippen LogP contribution is 2.30. The van der Waals surface area contributed by atoms with Gasteiger partial charge in [-0.15, -0.1) is 0 Å². The molecule has 20 heavy (non-hydrogen) atoms. The number of carbonyl (C=O) groups excluding carboxylic acids is 1. The lowest BCUT2D eigenvalue weighted by Gasteiger charge is -2.31. The molecule has 0 aromatic carbocycles. The van der Waals surface area contributed by atoms with Gasteiger partial charge in [0.2, 0.25) is 5.91 Å². The molecule has 0 atom stereocenters. The third kappa shape index (κ3) is 4.28. The molecule has 112 valence electrons. The van der Waals surface area contributed by atoms with Gasteiger partial charge < -0.3 is 11.1 Å². The molecule has 0 saturated carbocycles. The van der Waals surface area contributed by atoms with Crippen molar-refractivity contribution in [3.05, 3.63) is 22.4 Å². The highest BCUT2D eigenvalue weighted by atomic mass is 32.1. The van der Waals surface area contributed by atoms with Gasteiger partial charge in [0.15, 0.2) is 0 Å². The van der Waals surface area contributed by atoms with Gasteiger partial charge in [-0.1, -0.05) is 38.9 Å². The van der Waals surface area contributed by atoms with Gasteiger partial charge >= 0.3 is 0 Å². The molecule has 1 aromatic heterocycles. The number of thiophene rings is 1. The van der Waals surface area contributed by atoms with Crippen molar-refractivity contribution in [1.82, 2.24) is 5.32 Å². The number of hydrogen-bond acceptors (Lipinski definition) is 3. The summed E-state index contributed by atoms with van der Waals surface area (Å²) >= 11 is 6.86. The first kappa shape index (κ1) is 17.1. The second-order valence-corrected chi connectivity index (χ2v) is 6.30. The van der Waals surface area contributed by atoms with Crippen LogP contribution in [0, 0.1) is 5.41 Å². The number of amides is 1. The SMILES string of the molecule is CCCC(CCC)(C(=O)NCCc1ccsc1)C(N)=S. The number of hydrogen-bond donors (Lipinski definition) is 2. The molecule has 0 spiro atoms. The predicted molar refractivity (Wildman–Crippen MR) is 90.1 cm³/mol. The highest BCUT2D eigenvalue weighted by molar-refractivity contribution is 7.80. The van der Waals surface area contributed by atoms with Gasteiger partial charge in [-0.05, 0) is 41.7 Å². The van der Waals surface area contributed by atoms with Crippen LogP contribution in [-0.2, 0) is 11.2 Å². The maximum atomic E-state index is 12.5. The van der Waals surface area contributed by atoms with Gasteiger partial charge in [-0.3, -0.25) is 4.79 Å². The van der Waals surface area contributed by atoms with Crippen molar-refractivity contribution >= 4 is 34.5 Å². The summed E-state index contributed by atoms with van der Waals surface area (Å²) in [6.45, 7) is 4.75. The van der Waals surface area contributed by atoms with Crippen molar-refractivity contribution in [2.24, 2.45) is 11.1 Å². The maximum absolute atomic E-state index is 12.5. The molecule has 0 saturated heterocycles. The van der Waals surface area contributed by atoms with E-state index in [0.717, 1.165) is 32.1 Å². The fraction of sp³-hybridized carbons (Fsp3) is 0.600. The predicted octanol–water partition coefficient (Wildman–Crippen LogP) is 3.28. The van der Waals surface area contributed by atoms with Crippen molar-refractivity contribution in [3.8, 4) is 0 Å². The molecule has 0 aliphatic rings. The Balaban J connectivity index is 2.64.